The van der Waals surface area contributed by atoms with Crippen molar-refractivity contribution in [2.75, 3.05) is 38.2 Å². The molecule has 168 valence electrons. The molecule has 1 atom stereocenters. The summed E-state index contributed by atoms with van der Waals surface area (Å²) >= 11 is 1.40. The van der Waals surface area contributed by atoms with E-state index >= 15 is 0 Å². The van der Waals surface area contributed by atoms with Crippen LogP contribution in [0.2, 0.25) is 0 Å². The van der Waals surface area contributed by atoms with Crippen LogP contribution in [0.25, 0.3) is 11.2 Å². The normalized spacial score (nSPS) is 12.9. The first-order valence-electron chi connectivity index (χ1n) is 9.96. The van der Waals surface area contributed by atoms with Crippen LogP contribution in [-0.2, 0) is 15.8 Å². The quantitative estimate of drug-likeness (QED) is 0.329. The second-order valence-corrected chi connectivity index (χ2v) is 11.7. The monoisotopic (exact) mass is 467 g/mol. The van der Waals surface area contributed by atoms with Gasteiger partial charge in [0.2, 0.25) is 5.95 Å². The number of nitrogens with two attached hydrogens (primary N) is 1. The number of alkyl halides is 1. The molecule has 0 spiro atoms. The third-order valence-corrected chi connectivity index (χ3v) is 8.90. The number of halogens is 1. The summed E-state index contributed by atoms with van der Waals surface area (Å²) in [6, 6.07) is 7.54. The van der Waals surface area contributed by atoms with E-state index in [4.69, 9.17) is 15.2 Å². The van der Waals surface area contributed by atoms with Gasteiger partial charge < -0.3 is 24.3 Å². The zero-order chi connectivity index (χ0) is 22.4. The summed E-state index contributed by atoms with van der Waals surface area (Å²) in [6.07, 6.45) is 1.95. The highest BCUT2D eigenvalue weighted by molar-refractivity contribution is 7.99. The standard InChI is InChI=1S/C20H27FN5O3PS/c1-4-30(27,5-2)13-29-15(10-21)11-26-12-23-17-18(26)24-20(22)25-19(17)31-16-8-6-14(28-3)7-9-16/h6-9,12,15H,4-5,10-11,13H2,1-3H3,(H2,22,24,25)/t15-/m0/s1. The van der Waals surface area contributed by atoms with Gasteiger partial charge in [-0.3, -0.25) is 0 Å². The van der Waals surface area contributed by atoms with Crippen LogP contribution in [0.1, 0.15) is 13.8 Å². The number of methoxy groups -OCH3 is 1. The summed E-state index contributed by atoms with van der Waals surface area (Å²) in [6.45, 7) is 3.21. The van der Waals surface area contributed by atoms with Gasteiger partial charge in [-0.1, -0.05) is 25.6 Å². The van der Waals surface area contributed by atoms with Gasteiger partial charge >= 0.3 is 0 Å². The molecule has 8 nitrogen and oxygen atoms in total. The second kappa shape index (κ2) is 10.4. The summed E-state index contributed by atoms with van der Waals surface area (Å²) < 4.78 is 38.7. The molecule has 0 bridgehead atoms. The van der Waals surface area contributed by atoms with E-state index in [1.165, 1.54) is 11.8 Å². The third kappa shape index (κ3) is 5.75. The Balaban J connectivity index is 1.81. The molecule has 0 saturated carbocycles. The number of benzene rings is 1. The van der Waals surface area contributed by atoms with Crippen molar-refractivity contribution in [3.8, 4) is 5.75 Å². The Morgan fingerprint density at radius 1 is 1.23 bits per heavy atom. The summed E-state index contributed by atoms with van der Waals surface area (Å²) in [5, 5.41) is 0.602. The molecule has 2 heterocycles. The summed E-state index contributed by atoms with van der Waals surface area (Å²) in [5.74, 6) is 0.860. The molecule has 31 heavy (non-hydrogen) atoms. The van der Waals surface area contributed by atoms with Crippen molar-refractivity contribution in [1.29, 1.82) is 0 Å². The number of hydrogen-bond donors (Lipinski definition) is 1. The van der Waals surface area contributed by atoms with Crippen LogP contribution in [0.15, 0.2) is 40.5 Å². The summed E-state index contributed by atoms with van der Waals surface area (Å²) in [7, 11) is -0.806. The average molecular weight is 468 g/mol. The number of rotatable bonds is 11. The van der Waals surface area contributed by atoms with Gasteiger partial charge in [-0.2, -0.15) is 4.98 Å². The first-order chi connectivity index (χ1) is 14.9. The van der Waals surface area contributed by atoms with Crippen molar-refractivity contribution >= 4 is 36.0 Å². The fraction of sp³-hybridized carbons (Fsp3) is 0.450. The zero-order valence-corrected chi connectivity index (χ0v) is 19.5. The van der Waals surface area contributed by atoms with Crippen LogP contribution in [0, 0.1) is 0 Å². The smallest absolute Gasteiger partial charge is 0.223 e. The molecular weight excluding hydrogens is 440 g/mol. The van der Waals surface area contributed by atoms with Crippen molar-refractivity contribution in [3.05, 3.63) is 30.6 Å². The number of hydrogen-bond acceptors (Lipinski definition) is 8. The Hall–Kier alpha value is -2.16. The Morgan fingerprint density at radius 3 is 2.55 bits per heavy atom. The first kappa shape index (κ1) is 23.5. The molecule has 2 aromatic heterocycles. The van der Waals surface area contributed by atoms with Crippen molar-refractivity contribution < 1.29 is 18.4 Å². The molecule has 3 aromatic rings. The average Bonchev–Trinajstić information content (AvgIpc) is 3.19. The molecule has 2 N–H and O–H groups in total. The van der Waals surface area contributed by atoms with Crippen LogP contribution in [-0.4, -0.2) is 58.1 Å². The first-order valence-corrected chi connectivity index (χ1v) is 13.0. The van der Waals surface area contributed by atoms with Crippen LogP contribution < -0.4 is 10.5 Å². The van der Waals surface area contributed by atoms with E-state index < -0.39 is 19.9 Å². The van der Waals surface area contributed by atoms with E-state index in [9.17, 15) is 8.96 Å². The van der Waals surface area contributed by atoms with Gasteiger partial charge in [-0.15, -0.1) is 0 Å². The lowest BCUT2D eigenvalue weighted by atomic mass is 10.3. The minimum atomic E-state index is -2.42. The Morgan fingerprint density at radius 2 is 1.94 bits per heavy atom. The van der Waals surface area contributed by atoms with Crippen LogP contribution in [0.5, 0.6) is 5.75 Å². The highest BCUT2D eigenvalue weighted by Crippen LogP contribution is 2.44. The van der Waals surface area contributed by atoms with E-state index in [0.29, 0.717) is 28.5 Å². The van der Waals surface area contributed by atoms with Gasteiger partial charge in [0.15, 0.2) is 5.65 Å². The SMILES string of the molecule is CCP(=O)(CC)CO[C@@H](CF)Cn1cnc2c(Sc3ccc(OC)cc3)nc(N)nc21. The summed E-state index contributed by atoms with van der Waals surface area (Å²) in [4.78, 5) is 14.0. The lowest BCUT2D eigenvalue weighted by Crippen LogP contribution is -2.23. The van der Waals surface area contributed by atoms with Crippen molar-refractivity contribution in [2.24, 2.45) is 0 Å². The molecule has 0 unspecified atom stereocenters. The molecule has 0 amide bonds. The van der Waals surface area contributed by atoms with Gasteiger partial charge in [0.1, 0.15) is 42.6 Å². The molecule has 0 aliphatic rings. The number of ether oxygens (including phenoxy) is 2. The molecule has 0 saturated heterocycles. The van der Waals surface area contributed by atoms with Gasteiger partial charge in [-0.25, -0.2) is 14.4 Å². The maximum Gasteiger partial charge on any atom is 0.223 e. The predicted molar refractivity (Wildman–Crippen MR) is 121 cm³/mol. The molecule has 3 rings (SSSR count). The van der Waals surface area contributed by atoms with Gasteiger partial charge in [0.25, 0.3) is 0 Å². The van der Waals surface area contributed by atoms with Crippen LogP contribution in [0.4, 0.5) is 10.3 Å². The second-order valence-electron chi connectivity index (χ2n) is 7.00. The Labute approximate surface area is 185 Å². The van der Waals surface area contributed by atoms with Gasteiger partial charge in [-0.05, 0) is 24.3 Å². The minimum Gasteiger partial charge on any atom is -0.497 e. The maximum absolute atomic E-state index is 13.6. The molecule has 0 aliphatic carbocycles. The van der Waals surface area contributed by atoms with E-state index in [-0.39, 0.29) is 18.8 Å². The number of anilines is 1. The number of nitrogen functional groups attached to an aromatic ring is 1. The molecule has 0 aliphatic heterocycles. The Bertz CT molecular complexity index is 1050. The lowest BCUT2D eigenvalue weighted by molar-refractivity contribution is 0.0521. The fourth-order valence-corrected chi connectivity index (χ4v) is 5.08. The minimum absolute atomic E-state index is 0.0664. The highest BCUT2D eigenvalue weighted by Gasteiger charge is 2.22. The van der Waals surface area contributed by atoms with E-state index in [0.717, 1.165) is 10.6 Å². The van der Waals surface area contributed by atoms with Crippen molar-refractivity contribution in [2.45, 2.75) is 36.4 Å². The molecule has 0 radical (unpaired) electrons. The zero-order valence-electron chi connectivity index (χ0n) is 17.8. The molecular formula is C20H27FN5O3PS. The van der Waals surface area contributed by atoms with Gasteiger partial charge in [0, 0.05) is 17.2 Å². The van der Waals surface area contributed by atoms with Gasteiger partial charge in [0.05, 0.1) is 20.0 Å². The van der Waals surface area contributed by atoms with E-state index in [2.05, 4.69) is 15.0 Å². The summed E-state index contributed by atoms with van der Waals surface area (Å²) in [5.41, 5.74) is 7.00. The highest BCUT2D eigenvalue weighted by atomic mass is 32.2. The van der Waals surface area contributed by atoms with Crippen LogP contribution in [0.3, 0.4) is 0 Å². The van der Waals surface area contributed by atoms with Crippen molar-refractivity contribution in [1.82, 2.24) is 19.5 Å². The molecule has 0 fully saturated rings. The van der Waals surface area contributed by atoms with Crippen LogP contribution >= 0.6 is 18.9 Å². The topological polar surface area (TPSA) is 105 Å². The maximum atomic E-state index is 13.6. The number of fused-ring (bicyclic) bond motifs is 1. The predicted octanol–water partition coefficient (Wildman–Crippen LogP) is 4.28. The van der Waals surface area contributed by atoms with E-state index in [1.807, 2.05) is 38.1 Å². The van der Waals surface area contributed by atoms with E-state index in [1.54, 1.807) is 18.0 Å². The molecule has 11 heteroatoms. The largest absolute Gasteiger partial charge is 0.497 e. The number of imidazole rings is 1. The lowest BCUT2D eigenvalue weighted by Gasteiger charge is -2.20. The number of nitrogens with zero attached hydrogens (tertiary/aromatic N) is 4. The Kier molecular flexibility index (Phi) is 7.91. The van der Waals surface area contributed by atoms with Crippen molar-refractivity contribution in [3.63, 3.8) is 0 Å². The third-order valence-electron chi connectivity index (χ3n) is 4.99. The number of aromatic nitrogens is 4. The fourth-order valence-electron chi connectivity index (χ4n) is 2.91. The molecule has 1 aromatic carbocycles.